The molecular weight excluding hydrogens is 184 g/mol. The molecule has 15 heavy (non-hydrogen) atoms. The zero-order valence-corrected chi connectivity index (χ0v) is 9.74. The van der Waals surface area contributed by atoms with Gasteiger partial charge in [0, 0.05) is 18.6 Å². The van der Waals surface area contributed by atoms with Gasteiger partial charge >= 0.3 is 0 Å². The monoisotopic (exact) mass is 206 g/mol. The summed E-state index contributed by atoms with van der Waals surface area (Å²) in [6.07, 6.45) is 2.16. The minimum Gasteiger partial charge on any atom is -0.329 e. The van der Waals surface area contributed by atoms with Gasteiger partial charge in [0.25, 0.3) is 0 Å². The van der Waals surface area contributed by atoms with Gasteiger partial charge in [-0.05, 0) is 25.3 Å². The maximum atomic E-state index is 5.76. The number of hydrogen-bond donors (Lipinski definition) is 2. The summed E-state index contributed by atoms with van der Waals surface area (Å²) in [4.78, 5) is 0. The third kappa shape index (κ3) is 4.45. The van der Waals surface area contributed by atoms with E-state index in [9.17, 15) is 0 Å². The van der Waals surface area contributed by atoms with Gasteiger partial charge in [0.2, 0.25) is 0 Å². The lowest BCUT2D eigenvalue weighted by molar-refractivity contribution is 0.438. The summed E-state index contributed by atoms with van der Waals surface area (Å²) in [6.45, 7) is 5.08. The third-order valence-electron chi connectivity index (χ3n) is 2.74. The van der Waals surface area contributed by atoms with Crippen molar-refractivity contribution in [3.05, 3.63) is 35.9 Å². The molecule has 0 aromatic heterocycles. The zero-order valence-electron chi connectivity index (χ0n) is 9.74. The first kappa shape index (κ1) is 12.2. The smallest absolute Gasteiger partial charge is 0.0233 e. The Balaban J connectivity index is 2.47. The van der Waals surface area contributed by atoms with Gasteiger partial charge < -0.3 is 11.1 Å². The molecule has 0 aliphatic carbocycles. The second-order valence-corrected chi connectivity index (χ2v) is 4.10. The predicted molar refractivity (Wildman–Crippen MR) is 65.9 cm³/mol. The Labute approximate surface area is 92.9 Å². The second kappa shape index (κ2) is 6.59. The Morgan fingerprint density at radius 1 is 1.27 bits per heavy atom. The molecule has 84 valence electrons. The van der Waals surface area contributed by atoms with E-state index in [1.807, 2.05) is 6.07 Å². The lowest BCUT2D eigenvalue weighted by Gasteiger charge is -2.21. The highest BCUT2D eigenvalue weighted by molar-refractivity contribution is 5.16. The van der Waals surface area contributed by atoms with Crippen LogP contribution in [0.15, 0.2) is 30.3 Å². The van der Waals surface area contributed by atoms with Crippen LogP contribution in [0, 0.1) is 0 Å². The largest absolute Gasteiger partial charge is 0.329 e. The van der Waals surface area contributed by atoms with Crippen molar-refractivity contribution in [2.75, 3.05) is 6.54 Å². The molecule has 0 radical (unpaired) electrons. The molecule has 0 saturated carbocycles. The van der Waals surface area contributed by atoms with Gasteiger partial charge in [-0.15, -0.1) is 0 Å². The van der Waals surface area contributed by atoms with Crippen molar-refractivity contribution in [2.24, 2.45) is 5.73 Å². The molecule has 0 spiro atoms. The predicted octanol–water partition coefficient (Wildman–Crippen LogP) is 1.94. The van der Waals surface area contributed by atoms with Gasteiger partial charge in [-0.1, -0.05) is 37.3 Å². The molecule has 1 rings (SSSR count). The molecule has 2 nitrogen and oxygen atoms in total. The van der Waals surface area contributed by atoms with E-state index in [0.29, 0.717) is 18.6 Å². The first-order valence-corrected chi connectivity index (χ1v) is 5.76. The summed E-state index contributed by atoms with van der Waals surface area (Å²) in [5.74, 6) is 0. The van der Waals surface area contributed by atoms with Crippen molar-refractivity contribution < 1.29 is 0 Å². The van der Waals surface area contributed by atoms with Crippen molar-refractivity contribution in [1.29, 1.82) is 0 Å². The molecule has 0 heterocycles. The maximum Gasteiger partial charge on any atom is 0.0233 e. The fourth-order valence-electron chi connectivity index (χ4n) is 1.63. The molecule has 1 aromatic carbocycles. The van der Waals surface area contributed by atoms with E-state index in [1.54, 1.807) is 0 Å². The molecule has 0 aliphatic heterocycles. The highest BCUT2D eigenvalue weighted by Crippen LogP contribution is 2.03. The molecule has 0 fully saturated rings. The van der Waals surface area contributed by atoms with Crippen LogP contribution in [0.5, 0.6) is 0 Å². The average molecular weight is 206 g/mol. The van der Waals surface area contributed by atoms with Crippen LogP contribution in [0.2, 0.25) is 0 Å². The lowest BCUT2D eigenvalue weighted by atomic mass is 10.0. The van der Waals surface area contributed by atoms with Crippen LogP contribution in [-0.4, -0.2) is 18.6 Å². The van der Waals surface area contributed by atoms with Gasteiger partial charge in [0.15, 0.2) is 0 Å². The van der Waals surface area contributed by atoms with Gasteiger partial charge in [0.1, 0.15) is 0 Å². The molecule has 3 N–H and O–H groups in total. The van der Waals surface area contributed by atoms with E-state index in [2.05, 4.69) is 43.4 Å². The van der Waals surface area contributed by atoms with Crippen molar-refractivity contribution in [3.8, 4) is 0 Å². The van der Waals surface area contributed by atoms with Gasteiger partial charge in [-0.25, -0.2) is 0 Å². The van der Waals surface area contributed by atoms with Crippen LogP contribution in [-0.2, 0) is 6.42 Å². The summed E-state index contributed by atoms with van der Waals surface area (Å²) in [6, 6.07) is 11.4. The average Bonchev–Trinajstić information content (AvgIpc) is 2.29. The van der Waals surface area contributed by atoms with Crippen LogP contribution < -0.4 is 11.1 Å². The molecular formula is C13H22N2. The first-order valence-electron chi connectivity index (χ1n) is 5.76. The Morgan fingerprint density at radius 2 is 1.93 bits per heavy atom. The van der Waals surface area contributed by atoms with E-state index in [0.717, 1.165) is 12.8 Å². The molecule has 0 aliphatic rings. The second-order valence-electron chi connectivity index (χ2n) is 4.10. The Kier molecular flexibility index (Phi) is 5.37. The van der Waals surface area contributed by atoms with Crippen LogP contribution in [0.1, 0.15) is 25.8 Å². The number of nitrogens with two attached hydrogens (primary N) is 1. The van der Waals surface area contributed by atoms with Crippen LogP contribution in [0.3, 0.4) is 0 Å². The van der Waals surface area contributed by atoms with Gasteiger partial charge in [-0.2, -0.15) is 0 Å². The SMILES string of the molecule is CCC(C)NC(CN)Cc1ccccc1. The minimum atomic E-state index is 0.391. The third-order valence-corrected chi connectivity index (χ3v) is 2.74. The summed E-state index contributed by atoms with van der Waals surface area (Å²) < 4.78 is 0. The Hall–Kier alpha value is -0.860. The van der Waals surface area contributed by atoms with Gasteiger partial charge in [0.05, 0.1) is 0 Å². The summed E-state index contributed by atoms with van der Waals surface area (Å²) in [7, 11) is 0. The van der Waals surface area contributed by atoms with E-state index in [-0.39, 0.29) is 0 Å². The number of benzene rings is 1. The lowest BCUT2D eigenvalue weighted by Crippen LogP contribution is -2.42. The summed E-state index contributed by atoms with van der Waals surface area (Å²) >= 11 is 0. The number of hydrogen-bond acceptors (Lipinski definition) is 2. The van der Waals surface area contributed by atoms with Crippen molar-refractivity contribution in [3.63, 3.8) is 0 Å². The fourth-order valence-corrected chi connectivity index (χ4v) is 1.63. The van der Waals surface area contributed by atoms with Crippen LogP contribution >= 0.6 is 0 Å². The van der Waals surface area contributed by atoms with Gasteiger partial charge in [-0.3, -0.25) is 0 Å². The van der Waals surface area contributed by atoms with Crippen molar-refractivity contribution in [2.45, 2.75) is 38.8 Å². The fraction of sp³-hybridized carbons (Fsp3) is 0.538. The highest BCUT2D eigenvalue weighted by Gasteiger charge is 2.09. The molecule has 0 amide bonds. The van der Waals surface area contributed by atoms with E-state index in [1.165, 1.54) is 5.56 Å². The molecule has 0 bridgehead atoms. The number of nitrogens with one attached hydrogen (secondary N) is 1. The molecule has 1 aromatic rings. The highest BCUT2D eigenvalue weighted by atomic mass is 15.0. The number of rotatable bonds is 6. The zero-order chi connectivity index (χ0) is 11.1. The van der Waals surface area contributed by atoms with E-state index in [4.69, 9.17) is 5.73 Å². The van der Waals surface area contributed by atoms with E-state index >= 15 is 0 Å². The molecule has 2 unspecified atom stereocenters. The quantitative estimate of drug-likeness (QED) is 0.746. The van der Waals surface area contributed by atoms with Crippen LogP contribution in [0.4, 0.5) is 0 Å². The molecule has 2 atom stereocenters. The Morgan fingerprint density at radius 3 is 2.47 bits per heavy atom. The first-order chi connectivity index (χ1) is 7.26. The molecule has 0 saturated heterocycles. The standard InChI is InChI=1S/C13H22N2/c1-3-11(2)15-13(10-14)9-12-7-5-4-6-8-12/h4-8,11,13,15H,3,9-10,14H2,1-2H3. The Bertz CT molecular complexity index is 258. The minimum absolute atomic E-state index is 0.391. The van der Waals surface area contributed by atoms with E-state index < -0.39 is 0 Å². The molecule has 2 heteroatoms. The van der Waals surface area contributed by atoms with Crippen molar-refractivity contribution in [1.82, 2.24) is 5.32 Å². The normalized spacial score (nSPS) is 14.9. The maximum absolute atomic E-state index is 5.76. The topological polar surface area (TPSA) is 38.0 Å². The van der Waals surface area contributed by atoms with Crippen molar-refractivity contribution >= 4 is 0 Å². The summed E-state index contributed by atoms with van der Waals surface area (Å²) in [5, 5.41) is 3.54. The van der Waals surface area contributed by atoms with Crippen LogP contribution in [0.25, 0.3) is 0 Å². The summed E-state index contributed by atoms with van der Waals surface area (Å²) in [5.41, 5.74) is 7.11.